The smallest absolute Gasteiger partial charge is 0.335 e. The summed E-state index contributed by atoms with van der Waals surface area (Å²) in [6.07, 6.45) is 0. The fourth-order valence-corrected chi connectivity index (χ4v) is 1.52. The molecule has 0 saturated heterocycles. The van der Waals surface area contributed by atoms with E-state index in [-0.39, 0.29) is 28.6 Å². The molecule has 1 amide bonds. The maximum Gasteiger partial charge on any atom is 0.335 e. The molecule has 1 aromatic rings. The van der Waals surface area contributed by atoms with E-state index in [4.69, 9.17) is 16.7 Å². The summed E-state index contributed by atoms with van der Waals surface area (Å²) in [4.78, 5) is 31.5. The summed E-state index contributed by atoms with van der Waals surface area (Å²) in [5.74, 6) is -1.66. The summed E-state index contributed by atoms with van der Waals surface area (Å²) in [6, 6.07) is 2.07. The fourth-order valence-electron chi connectivity index (χ4n) is 1.27. The molecule has 0 spiro atoms. The summed E-state index contributed by atoms with van der Waals surface area (Å²) >= 11 is 5.78. The number of carboxylic acids is 1. The molecular weight excluding hydrogens is 264 g/mol. The van der Waals surface area contributed by atoms with Crippen LogP contribution in [0.3, 0.4) is 0 Å². The van der Waals surface area contributed by atoms with Crippen molar-refractivity contribution in [3.05, 3.63) is 38.4 Å². The SMILES string of the molecule is CC(=O)NCc1cc(C(=O)O)cc([N+](=O)[O-])c1Cl. The van der Waals surface area contributed by atoms with Crippen LogP contribution in [0.1, 0.15) is 22.8 Å². The van der Waals surface area contributed by atoms with Crippen LogP contribution in [0.25, 0.3) is 0 Å². The van der Waals surface area contributed by atoms with E-state index < -0.39 is 16.6 Å². The third-order valence-corrected chi connectivity index (χ3v) is 2.54. The summed E-state index contributed by atoms with van der Waals surface area (Å²) in [5, 5.41) is 21.8. The van der Waals surface area contributed by atoms with Crippen LogP contribution in [0.15, 0.2) is 12.1 Å². The molecule has 0 unspecified atom stereocenters. The molecule has 0 aliphatic heterocycles. The van der Waals surface area contributed by atoms with Crippen molar-refractivity contribution in [1.82, 2.24) is 5.32 Å². The monoisotopic (exact) mass is 272 g/mol. The molecule has 1 aromatic carbocycles. The van der Waals surface area contributed by atoms with Crippen LogP contribution >= 0.6 is 11.6 Å². The lowest BCUT2D eigenvalue weighted by atomic mass is 10.1. The van der Waals surface area contributed by atoms with Gasteiger partial charge < -0.3 is 10.4 Å². The number of nitrogens with one attached hydrogen (secondary N) is 1. The molecule has 0 aromatic heterocycles. The minimum absolute atomic E-state index is 0.0733. The van der Waals surface area contributed by atoms with Crippen LogP contribution < -0.4 is 5.32 Å². The number of carbonyl (C=O) groups is 2. The van der Waals surface area contributed by atoms with Crippen LogP contribution in [0.2, 0.25) is 5.02 Å². The van der Waals surface area contributed by atoms with Gasteiger partial charge in [-0.1, -0.05) is 11.6 Å². The minimum Gasteiger partial charge on any atom is -0.478 e. The van der Waals surface area contributed by atoms with Crippen molar-refractivity contribution in [2.24, 2.45) is 0 Å². The predicted octanol–water partition coefficient (Wildman–Crippen LogP) is 1.58. The van der Waals surface area contributed by atoms with Gasteiger partial charge in [0.25, 0.3) is 5.69 Å². The Hall–Kier alpha value is -2.15. The van der Waals surface area contributed by atoms with Gasteiger partial charge in [-0.15, -0.1) is 0 Å². The number of carboxylic acid groups (broad SMARTS) is 1. The van der Waals surface area contributed by atoms with Gasteiger partial charge in [0, 0.05) is 19.5 Å². The maximum absolute atomic E-state index is 10.8. The zero-order valence-electron chi connectivity index (χ0n) is 9.27. The molecule has 0 atom stereocenters. The number of amides is 1. The first-order valence-corrected chi connectivity index (χ1v) is 5.15. The first-order chi connectivity index (χ1) is 8.32. The number of nitrogens with zero attached hydrogens (tertiary/aromatic N) is 1. The fraction of sp³-hybridized carbons (Fsp3) is 0.200. The lowest BCUT2D eigenvalue weighted by Gasteiger charge is -2.07. The van der Waals surface area contributed by atoms with Crippen molar-refractivity contribution in [2.75, 3.05) is 0 Å². The normalized spacial score (nSPS) is 9.89. The van der Waals surface area contributed by atoms with Gasteiger partial charge in [0.1, 0.15) is 5.02 Å². The highest BCUT2D eigenvalue weighted by Gasteiger charge is 2.20. The molecule has 0 bridgehead atoms. The van der Waals surface area contributed by atoms with Crippen LogP contribution in [-0.4, -0.2) is 21.9 Å². The molecule has 0 fully saturated rings. The lowest BCUT2D eigenvalue weighted by molar-refractivity contribution is -0.384. The zero-order valence-corrected chi connectivity index (χ0v) is 10.0. The highest BCUT2D eigenvalue weighted by Crippen LogP contribution is 2.29. The second-order valence-electron chi connectivity index (χ2n) is 3.44. The van der Waals surface area contributed by atoms with E-state index in [9.17, 15) is 19.7 Å². The number of rotatable bonds is 4. The van der Waals surface area contributed by atoms with Crippen molar-refractivity contribution in [3.63, 3.8) is 0 Å². The van der Waals surface area contributed by atoms with E-state index >= 15 is 0 Å². The summed E-state index contributed by atoms with van der Waals surface area (Å²) in [7, 11) is 0. The van der Waals surface area contributed by atoms with Crippen LogP contribution in [0.4, 0.5) is 5.69 Å². The van der Waals surface area contributed by atoms with Crippen molar-refractivity contribution >= 4 is 29.2 Å². The third kappa shape index (κ3) is 3.17. The van der Waals surface area contributed by atoms with Crippen LogP contribution in [-0.2, 0) is 11.3 Å². The molecular formula is C10H9ClN2O5. The Balaban J connectivity index is 3.26. The Morgan fingerprint density at radius 2 is 2.11 bits per heavy atom. The zero-order chi connectivity index (χ0) is 13.9. The van der Waals surface area contributed by atoms with Gasteiger partial charge >= 0.3 is 5.97 Å². The van der Waals surface area contributed by atoms with Gasteiger partial charge in [-0.2, -0.15) is 0 Å². The summed E-state index contributed by atoms with van der Waals surface area (Å²) in [6.45, 7) is 1.19. The standard InChI is InChI=1S/C10H9ClN2O5/c1-5(14)12-4-7-2-6(10(15)16)3-8(9(7)11)13(17)18/h2-3H,4H2,1H3,(H,12,14)(H,15,16). The molecule has 96 valence electrons. The predicted molar refractivity (Wildman–Crippen MR) is 62.6 cm³/mol. The first-order valence-electron chi connectivity index (χ1n) is 4.77. The maximum atomic E-state index is 10.8. The third-order valence-electron chi connectivity index (χ3n) is 2.10. The average molecular weight is 273 g/mol. The Bertz CT molecular complexity index is 529. The highest BCUT2D eigenvalue weighted by atomic mass is 35.5. The van der Waals surface area contributed by atoms with Gasteiger partial charge in [0.05, 0.1) is 10.5 Å². The van der Waals surface area contributed by atoms with Gasteiger partial charge in [-0.25, -0.2) is 4.79 Å². The Labute approximate surface area is 107 Å². The average Bonchev–Trinajstić information content (AvgIpc) is 2.26. The van der Waals surface area contributed by atoms with E-state index in [0.717, 1.165) is 6.07 Å². The number of hydrogen-bond donors (Lipinski definition) is 2. The van der Waals surface area contributed by atoms with Crippen molar-refractivity contribution < 1.29 is 19.6 Å². The van der Waals surface area contributed by atoms with E-state index in [1.165, 1.54) is 13.0 Å². The topological polar surface area (TPSA) is 110 Å². The van der Waals surface area contributed by atoms with E-state index in [1.54, 1.807) is 0 Å². The van der Waals surface area contributed by atoms with Gasteiger partial charge in [0.15, 0.2) is 0 Å². The van der Waals surface area contributed by atoms with Gasteiger partial charge in [-0.3, -0.25) is 14.9 Å². The van der Waals surface area contributed by atoms with Crippen molar-refractivity contribution in [3.8, 4) is 0 Å². The quantitative estimate of drug-likeness (QED) is 0.639. The number of nitro groups is 1. The van der Waals surface area contributed by atoms with Crippen molar-refractivity contribution in [2.45, 2.75) is 13.5 Å². The molecule has 0 saturated carbocycles. The molecule has 0 aliphatic rings. The number of hydrogen-bond acceptors (Lipinski definition) is 4. The van der Waals surface area contributed by atoms with Crippen molar-refractivity contribution in [1.29, 1.82) is 0 Å². The number of nitro benzene ring substituents is 1. The Kier molecular flexibility index (Phi) is 4.22. The van der Waals surface area contributed by atoms with Crippen LogP contribution in [0.5, 0.6) is 0 Å². The van der Waals surface area contributed by atoms with Gasteiger partial charge in [0.2, 0.25) is 5.91 Å². The minimum atomic E-state index is -1.31. The first kappa shape index (κ1) is 13.9. The lowest BCUT2D eigenvalue weighted by Crippen LogP contribution is -2.19. The second kappa shape index (κ2) is 5.46. The molecule has 1 rings (SSSR count). The molecule has 2 N–H and O–H groups in total. The summed E-state index contributed by atoms with van der Waals surface area (Å²) < 4.78 is 0. The second-order valence-corrected chi connectivity index (χ2v) is 3.82. The largest absolute Gasteiger partial charge is 0.478 e. The van der Waals surface area contributed by atoms with E-state index in [1.807, 2.05) is 0 Å². The number of carbonyl (C=O) groups excluding carboxylic acids is 1. The molecule has 0 radical (unpaired) electrons. The molecule has 0 aliphatic carbocycles. The number of aromatic carboxylic acids is 1. The number of halogens is 1. The van der Waals surface area contributed by atoms with E-state index in [2.05, 4.69) is 5.32 Å². The number of benzene rings is 1. The van der Waals surface area contributed by atoms with Crippen LogP contribution in [0, 0.1) is 10.1 Å². The summed E-state index contributed by atoms with van der Waals surface area (Å²) in [5.41, 5.74) is -0.582. The molecule has 7 nitrogen and oxygen atoms in total. The molecule has 0 heterocycles. The Morgan fingerprint density at radius 1 is 1.50 bits per heavy atom. The molecule has 8 heteroatoms. The Morgan fingerprint density at radius 3 is 2.56 bits per heavy atom. The van der Waals surface area contributed by atoms with Gasteiger partial charge in [-0.05, 0) is 11.6 Å². The van der Waals surface area contributed by atoms with E-state index in [0.29, 0.717) is 0 Å². The molecule has 18 heavy (non-hydrogen) atoms. The highest BCUT2D eigenvalue weighted by molar-refractivity contribution is 6.33.